The molecule has 0 radical (unpaired) electrons. The monoisotopic (exact) mass is 480 g/mol. The lowest BCUT2D eigenvalue weighted by Gasteiger charge is -2.25. The molecular formula is C25H28N4O2S2. The number of hydrogen-bond donors (Lipinski definition) is 0. The van der Waals surface area contributed by atoms with Crippen LogP contribution in [0.25, 0.3) is 6.08 Å². The van der Waals surface area contributed by atoms with E-state index in [0.29, 0.717) is 32.7 Å². The number of unbranched alkanes of at least 4 members (excludes halogenated alkanes) is 1. The van der Waals surface area contributed by atoms with Crippen LogP contribution in [0.1, 0.15) is 47.6 Å². The van der Waals surface area contributed by atoms with E-state index < -0.39 is 0 Å². The van der Waals surface area contributed by atoms with Gasteiger partial charge in [-0.1, -0.05) is 67.2 Å². The molecule has 1 fully saturated rings. The molecule has 8 heteroatoms. The van der Waals surface area contributed by atoms with Crippen LogP contribution in [0.5, 0.6) is 0 Å². The van der Waals surface area contributed by atoms with Gasteiger partial charge >= 0.3 is 0 Å². The van der Waals surface area contributed by atoms with E-state index in [0.717, 1.165) is 30.5 Å². The fourth-order valence-electron chi connectivity index (χ4n) is 3.82. The number of anilines is 1. The van der Waals surface area contributed by atoms with Crippen molar-refractivity contribution in [1.82, 2.24) is 9.47 Å². The molecule has 33 heavy (non-hydrogen) atoms. The molecule has 1 amide bonds. The highest BCUT2D eigenvalue weighted by Gasteiger charge is 2.33. The number of hydrogen-bond acceptors (Lipinski definition) is 6. The molecule has 1 aromatic carbocycles. The Morgan fingerprint density at radius 1 is 1.21 bits per heavy atom. The van der Waals surface area contributed by atoms with Gasteiger partial charge in [-0.15, -0.1) is 0 Å². The predicted molar refractivity (Wildman–Crippen MR) is 139 cm³/mol. The van der Waals surface area contributed by atoms with Crippen LogP contribution in [0.15, 0.2) is 34.0 Å². The minimum atomic E-state index is -0.336. The highest BCUT2D eigenvalue weighted by Crippen LogP contribution is 2.36. The molecule has 2 aromatic rings. The Labute approximate surface area is 204 Å². The minimum absolute atomic E-state index is 0.0894. The van der Waals surface area contributed by atoms with Crippen LogP contribution in [-0.2, 0) is 18.4 Å². The molecule has 6 nitrogen and oxygen atoms in total. The van der Waals surface area contributed by atoms with Gasteiger partial charge in [-0.2, -0.15) is 5.26 Å². The second-order valence-corrected chi connectivity index (χ2v) is 9.92. The lowest BCUT2D eigenvalue weighted by Crippen LogP contribution is -2.31. The van der Waals surface area contributed by atoms with E-state index in [1.807, 2.05) is 49.2 Å². The van der Waals surface area contributed by atoms with Gasteiger partial charge in [-0.05, 0) is 37.5 Å². The van der Waals surface area contributed by atoms with Gasteiger partial charge in [0.1, 0.15) is 21.8 Å². The first-order chi connectivity index (χ1) is 15.7. The average molecular weight is 481 g/mol. The summed E-state index contributed by atoms with van der Waals surface area (Å²) in [6, 6.07) is 10.1. The van der Waals surface area contributed by atoms with Crippen molar-refractivity contribution in [2.45, 2.75) is 40.2 Å². The Balaban J connectivity index is 2.06. The molecule has 1 saturated heterocycles. The smallest absolute Gasteiger partial charge is 0.270 e. The molecule has 2 heterocycles. The van der Waals surface area contributed by atoms with E-state index >= 15 is 0 Å². The molecule has 0 unspecified atom stereocenters. The number of aromatic nitrogens is 1. The third-order valence-corrected chi connectivity index (χ3v) is 7.16. The third kappa shape index (κ3) is 5.05. The number of aryl methyl sites for hydroxylation is 1. The zero-order valence-electron chi connectivity index (χ0n) is 19.6. The second kappa shape index (κ2) is 10.4. The van der Waals surface area contributed by atoms with Gasteiger partial charge in [-0.3, -0.25) is 19.1 Å². The maximum absolute atomic E-state index is 13.3. The quantitative estimate of drug-likeness (QED) is 0.429. The van der Waals surface area contributed by atoms with Crippen molar-refractivity contribution in [3.63, 3.8) is 0 Å². The molecular weight excluding hydrogens is 452 g/mol. The van der Waals surface area contributed by atoms with Crippen molar-refractivity contribution < 1.29 is 4.79 Å². The molecule has 1 aromatic heterocycles. The van der Waals surface area contributed by atoms with Crippen molar-refractivity contribution in [3.8, 4) is 6.07 Å². The Kier molecular flexibility index (Phi) is 7.77. The first kappa shape index (κ1) is 24.7. The number of carbonyl (C=O) groups is 1. The summed E-state index contributed by atoms with van der Waals surface area (Å²) in [6.07, 6.45) is 3.75. The van der Waals surface area contributed by atoms with E-state index in [1.54, 1.807) is 24.9 Å². The standard InChI is InChI=1S/C25H28N4O2S2/c1-6-7-12-27(4)22-19(17(3)20(14-26)23(30)28(22)5)13-21-24(31)29(25(32)33-21)15-18-10-8-16(2)9-11-18/h8-11,13H,6-7,12,15H2,1-5H3. The van der Waals surface area contributed by atoms with Crippen LogP contribution in [0.3, 0.4) is 0 Å². The number of rotatable bonds is 7. The number of thiocarbonyl (C=S) groups is 1. The molecule has 1 aliphatic rings. The average Bonchev–Trinajstić information content (AvgIpc) is 3.05. The van der Waals surface area contributed by atoms with Gasteiger partial charge < -0.3 is 4.90 Å². The van der Waals surface area contributed by atoms with Crippen molar-refractivity contribution in [2.24, 2.45) is 7.05 Å². The predicted octanol–water partition coefficient (Wildman–Crippen LogP) is 4.51. The number of amides is 1. The number of nitrogens with zero attached hydrogens (tertiary/aromatic N) is 4. The van der Waals surface area contributed by atoms with Crippen LogP contribution in [-0.4, -0.2) is 33.3 Å². The van der Waals surface area contributed by atoms with Crippen molar-refractivity contribution in [2.75, 3.05) is 18.5 Å². The Bertz CT molecular complexity index is 1220. The summed E-state index contributed by atoms with van der Waals surface area (Å²) in [5.41, 5.74) is 3.18. The highest BCUT2D eigenvalue weighted by atomic mass is 32.2. The molecule has 3 rings (SSSR count). The molecule has 0 atom stereocenters. The van der Waals surface area contributed by atoms with Crippen LogP contribution >= 0.6 is 24.0 Å². The molecule has 0 aliphatic carbocycles. The van der Waals surface area contributed by atoms with Gasteiger partial charge in [0.05, 0.1) is 11.4 Å². The Hall–Kier alpha value is -2.89. The van der Waals surface area contributed by atoms with Gasteiger partial charge in [-0.25, -0.2) is 0 Å². The summed E-state index contributed by atoms with van der Waals surface area (Å²) in [5, 5.41) is 9.60. The molecule has 0 spiro atoms. The lowest BCUT2D eigenvalue weighted by atomic mass is 10.0. The van der Waals surface area contributed by atoms with Crippen LogP contribution < -0.4 is 10.5 Å². The van der Waals surface area contributed by atoms with E-state index in [4.69, 9.17) is 12.2 Å². The summed E-state index contributed by atoms with van der Waals surface area (Å²) in [5.74, 6) is 0.522. The normalized spacial score (nSPS) is 14.8. The van der Waals surface area contributed by atoms with E-state index in [1.165, 1.54) is 16.3 Å². The van der Waals surface area contributed by atoms with Crippen molar-refractivity contribution >= 4 is 46.1 Å². The SMILES string of the molecule is CCCCN(C)c1c(C=C2SC(=S)N(Cc3ccc(C)cc3)C2=O)c(C)c(C#N)c(=O)n1C. The Morgan fingerprint density at radius 3 is 2.48 bits per heavy atom. The van der Waals surface area contributed by atoms with E-state index in [-0.39, 0.29) is 17.0 Å². The van der Waals surface area contributed by atoms with Crippen LogP contribution in [0.2, 0.25) is 0 Å². The van der Waals surface area contributed by atoms with Crippen molar-refractivity contribution in [3.05, 3.63) is 67.3 Å². The number of nitriles is 1. The van der Waals surface area contributed by atoms with E-state index in [9.17, 15) is 14.9 Å². The van der Waals surface area contributed by atoms with Crippen LogP contribution in [0.4, 0.5) is 5.82 Å². The van der Waals surface area contributed by atoms with E-state index in [2.05, 4.69) is 6.92 Å². The van der Waals surface area contributed by atoms with Crippen molar-refractivity contribution in [1.29, 1.82) is 5.26 Å². The summed E-state index contributed by atoms with van der Waals surface area (Å²) < 4.78 is 2.00. The van der Waals surface area contributed by atoms with Crippen LogP contribution in [0, 0.1) is 25.2 Å². The number of carbonyl (C=O) groups excluding carboxylic acids is 1. The van der Waals surface area contributed by atoms with Gasteiger partial charge in [0.2, 0.25) is 0 Å². The summed E-state index contributed by atoms with van der Waals surface area (Å²) in [6.45, 7) is 7.05. The lowest BCUT2D eigenvalue weighted by molar-refractivity contribution is -0.122. The topological polar surface area (TPSA) is 69.3 Å². The summed E-state index contributed by atoms with van der Waals surface area (Å²) >= 11 is 6.76. The first-order valence-corrected chi connectivity index (χ1v) is 12.1. The summed E-state index contributed by atoms with van der Waals surface area (Å²) in [4.78, 5) is 30.2. The number of benzene rings is 1. The van der Waals surface area contributed by atoms with Gasteiger partial charge in [0, 0.05) is 26.2 Å². The fraction of sp³-hybridized carbons (Fsp3) is 0.360. The second-order valence-electron chi connectivity index (χ2n) is 8.24. The number of thioether (sulfide) groups is 1. The summed E-state index contributed by atoms with van der Waals surface area (Å²) in [7, 11) is 3.59. The highest BCUT2D eigenvalue weighted by molar-refractivity contribution is 8.26. The molecule has 0 bridgehead atoms. The fourth-order valence-corrected chi connectivity index (χ4v) is 5.06. The maximum Gasteiger partial charge on any atom is 0.270 e. The number of pyridine rings is 1. The molecule has 1 aliphatic heterocycles. The third-order valence-electron chi connectivity index (χ3n) is 5.79. The molecule has 0 saturated carbocycles. The zero-order chi connectivity index (χ0) is 24.3. The maximum atomic E-state index is 13.3. The molecule has 0 N–H and O–H groups in total. The van der Waals surface area contributed by atoms with Gasteiger partial charge in [0.15, 0.2) is 0 Å². The first-order valence-electron chi connectivity index (χ1n) is 10.8. The Morgan fingerprint density at radius 2 is 1.88 bits per heavy atom. The zero-order valence-corrected chi connectivity index (χ0v) is 21.3. The minimum Gasteiger partial charge on any atom is -0.360 e. The largest absolute Gasteiger partial charge is 0.360 e. The van der Waals surface area contributed by atoms with Gasteiger partial charge in [0.25, 0.3) is 11.5 Å². The molecule has 172 valence electrons.